The van der Waals surface area contributed by atoms with Gasteiger partial charge in [0.1, 0.15) is 29.6 Å². The van der Waals surface area contributed by atoms with Crippen LogP contribution in [0.25, 0.3) is 0 Å². The Balaban J connectivity index is 1.53. The fourth-order valence-electron chi connectivity index (χ4n) is 4.07. The van der Waals surface area contributed by atoms with Crippen molar-refractivity contribution in [1.82, 2.24) is 0 Å². The van der Waals surface area contributed by atoms with E-state index < -0.39 is 38.3 Å². The molecule has 0 aliphatic heterocycles. The second-order valence-corrected chi connectivity index (χ2v) is 12.7. The summed E-state index contributed by atoms with van der Waals surface area (Å²) < 4.78 is 85.9. The molecule has 0 aliphatic carbocycles. The van der Waals surface area contributed by atoms with Gasteiger partial charge in [0.2, 0.25) is 5.91 Å². The molecule has 0 saturated heterocycles. The Bertz CT molecular complexity index is 1820. The van der Waals surface area contributed by atoms with Crippen LogP contribution in [0.15, 0.2) is 101 Å². The van der Waals surface area contributed by atoms with E-state index in [0.29, 0.717) is 18.1 Å². The molecule has 0 spiro atoms. The number of hydrogen-bond donors (Lipinski definition) is 2. The molecule has 0 unspecified atom stereocenters. The standard InChI is InChI=1S/C30H30FN3O8S2/c1-4-42-24-11-16-27(17-12-24)44(38,39)34(23-9-5-21(31)6-10-23)20-30(35)32-22-7-14-26(15-8-22)43(36,37)33-28-19-25(40-2)13-18-29(28)41-3/h5-19,33H,4,20H2,1-3H3,(H,32,35). The van der Waals surface area contributed by atoms with E-state index in [9.17, 15) is 26.0 Å². The largest absolute Gasteiger partial charge is 0.497 e. The van der Waals surface area contributed by atoms with Crippen LogP contribution in [0.5, 0.6) is 17.2 Å². The van der Waals surface area contributed by atoms with Gasteiger partial charge in [-0.15, -0.1) is 0 Å². The summed E-state index contributed by atoms with van der Waals surface area (Å²) in [7, 11) is -5.48. The summed E-state index contributed by atoms with van der Waals surface area (Å²) in [5, 5.41) is 2.57. The third-order valence-electron chi connectivity index (χ3n) is 6.22. The maximum atomic E-state index is 13.6. The second-order valence-electron chi connectivity index (χ2n) is 9.14. The van der Waals surface area contributed by atoms with Gasteiger partial charge in [-0.05, 0) is 91.9 Å². The first-order valence-electron chi connectivity index (χ1n) is 13.1. The molecule has 11 nitrogen and oxygen atoms in total. The summed E-state index contributed by atoms with van der Waals surface area (Å²) in [5.41, 5.74) is 0.445. The molecule has 0 saturated carbocycles. The second kappa shape index (κ2) is 13.7. The summed E-state index contributed by atoms with van der Waals surface area (Å²) in [5.74, 6) is -0.129. The molecule has 0 atom stereocenters. The third-order valence-corrected chi connectivity index (χ3v) is 9.39. The number of benzene rings is 4. The van der Waals surface area contributed by atoms with Gasteiger partial charge in [-0.3, -0.25) is 13.8 Å². The summed E-state index contributed by atoms with van der Waals surface area (Å²) >= 11 is 0. The Morgan fingerprint density at radius 3 is 2.00 bits per heavy atom. The average Bonchev–Trinajstić information content (AvgIpc) is 3.01. The summed E-state index contributed by atoms with van der Waals surface area (Å²) in [6, 6.07) is 20.3. The Labute approximate surface area is 255 Å². The highest BCUT2D eigenvalue weighted by Gasteiger charge is 2.28. The lowest BCUT2D eigenvalue weighted by Gasteiger charge is -2.24. The Hall–Kier alpha value is -4.82. The predicted octanol–water partition coefficient (Wildman–Crippen LogP) is 4.88. The number of halogens is 1. The monoisotopic (exact) mass is 643 g/mol. The fourth-order valence-corrected chi connectivity index (χ4v) is 6.55. The van der Waals surface area contributed by atoms with Gasteiger partial charge in [0, 0.05) is 11.8 Å². The SMILES string of the molecule is CCOc1ccc(S(=O)(=O)N(CC(=O)Nc2ccc(S(=O)(=O)Nc3cc(OC)ccc3OC)cc2)c2ccc(F)cc2)cc1. The van der Waals surface area contributed by atoms with Gasteiger partial charge in [0.05, 0.1) is 42.0 Å². The van der Waals surface area contributed by atoms with Gasteiger partial charge < -0.3 is 19.5 Å². The molecule has 0 radical (unpaired) electrons. The number of sulfonamides is 2. The Kier molecular flexibility index (Phi) is 9.96. The smallest absolute Gasteiger partial charge is 0.264 e. The molecule has 0 aromatic heterocycles. The normalized spacial score (nSPS) is 11.4. The van der Waals surface area contributed by atoms with Gasteiger partial charge in [0.25, 0.3) is 20.0 Å². The lowest BCUT2D eigenvalue weighted by molar-refractivity contribution is -0.114. The number of carbonyl (C=O) groups is 1. The Morgan fingerprint density at radius 2 is 1.41 bits per heavy atom. The number of hydrogen-bond acceptors (Lipinski definition) is 8. The average molecular weight is 644 g/mol. The lowest BCUT2D eigenvalue weighted by atomic mass is 10.3. The van der Waals surface area contributed by atoms with Gasteiger partial charge in [-0.1, -0.05) is 0 Å². The lowest BCUT2D eigenvalue weighted by Crippen LogP contribution is -2.38. The molecule has 14 heteroatoms. The summed E-state index contributed by atoms with van der Waals surface area (Å²) in [4.78, 5) is 12.9. The topological polar surface area (TPSA) is 140 Å². The third kappa shape index (κ3) is 7.57. The van der Waals surface area contributed by atoms with Crippen molar-refractivity contribution in [2.24, 2.45) is 0 Å². The van der Waals surface area contributed by atoms with Crippen LogP contribution in [0.4, 0.5) is 21.5 Å². The van der Waals surface area contributed by atoms with E-state index in [1.807, 2.05) is 0 Å². The van der Waals surface area contributed by atoms with E-state index in [1.54, 1.807) is 19.1 Å². The molecule has 0 aliphatic rings. The number of nitrogens with zero attached hydrogens (tertiary/aromatic N) is 1. The molecule has 2 N–H and O–H groups in total. The Morgan fingerprint density at radius 1 is 0.795 bits per heavy atom. The van der Waals surface area contributed by atoms with E-state index in [-0.39, 0.29) is 32.6 Å². The highest BCUT2D eigenvalue weighted by Crippen LogP contribution is 2.31. The van der Waals surface area contributed by atoms with E-state index in [2.05, 4.69) is 10.0 Å². The number of methoxy groups -OCH3 is 2. The molecule has 1 amide bonds. The summed E-state index contributed by atoms with van der Waals surface area (Å²) in [6.07, 6.45) is 0. The van der Waals surface area contributed by atoms with Crippen LogP contribution < -0.4 is 28.6 Å². The van der Waals surface area contributed by atoms with Crippen molar-refractivity contribution < 1.29 is 40.2 Å². The van der Waals surface area contributed by atoms with Crippen molar-refractivity contribution in [1.29, 1.82) is 0 Å². The van der Waals surface area contributed by atoms with Crippen molar-refractivity contribution >= 4 is 43.0 Å². The van der Waals surface area contributed by atoms with E-state index in [0.717, 1.165) is 16.4 Å². The molecule has 4 aromatic rings. The molecule has 0 fully saturated rings. The molecular formula is C30H30FN3O8S2. The van der Waals surface area contributed by atoms with E-state index in [1.165, 1.54) is 80.9 Å². The number of carbonyl (C=O) groups excluding carboxylic acids is 1. The highest BCUT2D eigenvalue weighted by molar-refractivity contribution is 7.93. The number of anilines is 3. The van der Waals surface area contributed by atoms with Crippen LogP contribution in [0, 0.1) is 5.82 Å². The minimum absolute atomic E-state index is 0.0657. The quantitative estimate of drug-likeness (QED) is 0.210. The zero-order valence-corrected chi connectivity index (χ0v) is 25.6. The van der Waals surface area contributed by atoms with Gasteiger partial charge in [-0.25, -0.2) is 21.2 Å². The van der Waals surface area contributed by atoms with Gasteiger partial charge >= 0.3 is 0 Å². The summed E-state index contributed by atoms with van der Waals surface area (Å²) in [6.45, 7) is 1.54. The van der Waals surface area contributed by atoms with Crippen molar-refractivity contribution in [2.45, 2.75) is 16.7 Å². The highest BCUT2D eigenvalue weighted by atomic mass is 32.2. The van der Waals surface area contributed by atoms with Crippen molar-refractivity contribution in [3.63, 3.8) is 0 Å². The number of rotatable bonds is 13. The first kappa shape index (κ1) is 32.1. The van der Waals surface area contributed by atoms with E-state index in [4.69, 9.17) is 14.2 Å². The van der Waals surface area contributed by atoms with Crippen molar-refractivity contribution in [3.05, 3.63) is 96.8 Å². The van der Waals surface area contributed by atoms with Crippen LogP contribution >= 0.6 is 0 Å². The zero-order valence-electron chi connectivity index (χ0n) is 24.0. The van der Waals surface area contributed by atoms with Crippen LogP contribution in [0.2, 0.25) is 0 Å². The van der Waals surface area contributed by atoms with Gasteiger partial charge in [-0.2, -0.15) is 0 Å². The van der Waals surface area contributed by atoms with Crippen LogP contribution in [0.3, 0.4) is 0 Å². The maximum Gasteiger partial charge on any atom is 0.264 e. The zero-order chi connectivity index (χ0) is 31.9. The van der Waals surface area contributed by atoms with Crippen molar-refractivity contribution in [3.8, 4) is 17.2 Å². The number of nitrogens with one attached hydrogen (secondary N) is 2. The molecule has 4 aromatic carbocycles. The predicted molar refractivity (Wildman–Crippen MR) is 164 cm³/mol. The molecule has 44 heavy (non-hydrogen) atoms. The fraction of sp³-hybridized carbons (Fsp3) is 0.167. The first-order chi connectivity index (χ1) is 21.0. The first-order valence-corrected chi connectivity index (χ1v) is 16.0. The molecule has 0 heterocycles. The molecule has 0 bridgehead atoms. The maximum absolute atomic E-state index is 13.6. The minimum Gasteiger partial charge on any atom is -0.497 e. The van der Waals surface area contributed by atoms with Crippen molar-refractivity contribution in [2.75, 3.05) is 41.7 Å². The van der Waals surface area contributed by atoms with E-state index >= 15 is 0 Å². The van der Waals surface area contributed by atoms with Crippen LogP contribution in [-0.4, -0.2) is 50.1 Å². The molecule has 232 valence electrons. The molecule has 4 rings (SSSR count). The van der Waals surface area contributed by atoms with Crippen LogP contribution in [0.1, 0.15) is 6.92 Å². The van der Waals surface area contributed by atoms with Gasteiger partial charge in [0.15, 0.2) is 0 Å². The van der Waals surface area contributed by atoms with Crippen LogP contribution in [-0.2, 0) is 24.8 Å². The number of ether oxygens (including phenoxy) is 3. The minimum atomic E-state index is -4.26. The number of amides is 1. The molecular weight excluding hydrogens is 613 g/mol.